The van der Waals surface area contributed by atoms with Gasteiger partial charge in [-0.1, -0.05) is 12.1 Å². The third kappa shape index (κ3) is 3.08. The smallest absolute Gasteiger partial charge is 0.322 e. The number of aromatic nitrogens is 2. The molecule has 0 aliphatic carbocycles. The van der Waals surface area contributed by atoms with Crippen LogP contribution in [0, 0.1) is 0 Å². The highest BCUT2D eigenvalue weighted by Crippen LogP contribution is 2.25. The van der Waals surface area contributed by atoms with Crippen molar-refractivity contribution in [2.75, 3.05) is 7.11 Å². The summed E-state index contributed by atoms with van der Waals surface area (Å²) in [7, 11) is 1.40. The van der Waals surface area contributed by atoms with Crippen LogP contribution in [0.1, 0.15) is 45.6 Å². The van der Waals surface area contributed by atoms with Gasteiger partial charge < -0.3 is 9.30 Å². The van der Waals surface area contributed by atoms with Gasteiger partial charge in [-0.05, 0) is 39.8 Å². The summed E-state index contributed by atoms with van der Waals surface area (Å²) in [6, 6.07) is 7.96. The second-order valence-corrected chi connectivity index (χ2v) is 5.56. The van der Waals surface area contributed by atoms with Crippen LogP contribution >= 0.6 is 0 Å². The highest BCUT2D eigenvalue weighted by Gasteiger charge is 2.22. The Labute approximate surface area is 125 Å². The average molecular weight is 289 g/mol. The van der Waals surface area contributed by atoms with Crippen LogP contribution < -0.4 is 5.32 Å². The molecule has 5 heteroatoms. The first-order chi connectivity index (χ1) is 9.95. The molecule has 0 bridgehead atoms. The Morgan fingerprint density at radius 2 is 1.90 bits per heavy atom. The monoisotopic (exact) mass is 289 g/mol. The van der Waals surface area contributed by atoms with Crippen LogP contribution in [0.5, 0.6) is 0 Å². The van der Waals surface area contributed by atoms with E-state index in [-0.39, 0.29) is 18.1 Å². The van der Waals surface area contributed by atoms with Crippen LogP contribution in [0.15, 0.2) is 24.3 Å². The number of rotatable bonds is 5. The van der Waals surface area contributed by atoms with E-state index in [0.29, 0.717) is 6.04 Å². The first-order valence-corrected chi connectivity index (χ1v) is 7.26. The van der Waals surface area contributed by atoms with Gasteiger partial charge in [0.2, 0.25) is 0 Å². The quantitative estimate of drug-likeness (QED) is 0.860. The van der Waals surface area contributed by atoms with E-state index in [4.69, 9.17) is 9.72 Å². The van der Waals surface area contributed by atoms with E-state index in [1.807, 2.05) is 25.1 Å². The van der Waals surface area contributed by atoms with Gasteiger partial charge in [0, 0.05) is 6.04 Å². The summed E-state index contributed by atoms with van der Waals surface area (Å²) in [5.41, 5.74) is 2.09. The number of nitrogens with zero attached hydrogens (tertiary/aromatic N) is 2. The third-order valence-corrected chi connectivity index (χ3v) is 3.58. The van der Waals surface area contributed by atoms with Gasteiger partial charge >= 0.3 is 5.97 Å². The van der Waals surface area contributed by atoms with Gasteiger partial charge in [0.05, 0.1) is 24.2 Å². The summed E-state index contributed by atoms with van der Waals surface area (Å²) < 4.78 is 6.96. The number of ether oxygens (including phenoxy) is 1. The van der Waals surface area contributed by atoms with E-state index in [1.165, 1.54) is 7.11 Å². The predicted molar refractivity (Wildman–Crippen MR) is 83.1 cm³/mol. The van der Waals surface area contributed by atoms with Crippen molar-refractivity contribution in [2.45, 2.75) is 45.8 Å². The molecule has 0 aliphatic rings. The minimum absolute atomic E-state index is 0.0473. The van der Waals surface area contributed by atoms with Gasteiger partial charge in [-0.25, -0.2) is 4.98 Å². The number of carbonyl (C=O) groups is 1. The second kappa shape index (κ2) is 6.26. The average Bonchev–Trinajstić information content (AvgIpc) is 2.85. The number of hydrogen-bond donors (Lipinski definition) is 1. The molecule has 5 nitrogen and oxygen atoms in total. The molecule has 0 amide bonds. The molecule has 1 aromatic heterocycles. The summed E-state index contributed by atoms with van der Waals surface area (Å²) in [4.78, 5) is 16.3. The minimum atomic E-state index is -0.370. The minimum Gasteiger partial charge on any atom is -0.468 e. The van der Waals surface area contributed by atoms with Gasteiger partial charge in [0.25, 0.3) is 0 Å². The molecule has 0 saturated carbocycles. The molecule has 0 spiro atoms. The molecule has 0 aliphatic heterocycles. The van der Waals surface area contributed by atoms with E-state index in [2.05, 4.69) is 29.8 Å². The predicted octanol–water partition coefficient (Wildman–Crippen LogP) is 2.83. The number of esters is 1. The lowest BCUT2D eigenvalue weighted by atomic mass is 10.2. The van der Waals surface area contributed by atoms with Crippen LogP contribution in [0.2, 0.25) is 0 Å². The molecule has 0 saturated heterocycles. The standard InChI is InChI=1S/C16H23N3O2/c1-10(2)19-14-9-7-6-8-13(14)18-15(19)11(3)17-12(4)16(20)21-5/h6-12,17H,1-5H3/t11-,12+/m0/s1. The Kier molecular flexibility index (Phi) is 4.63. The van der Waals surface area contributed by atoms with Crippen molar-refractivity contribution in [3.63, 3.8) is 0 Å². The van der Waals surface area contributed by atoms with Gasteiger partial charge in [-0.3, -0.25) is 10.1 Å². The molecule has 0 unspecified atom stereocenters. The van der Waals surface area contributed by atoms with Crippen molar-refractivity contribution in [1.29, 1.82) is 0 Å². The highest BCUT2D eigenvalue weighted by molar-refractivity contribution is 5.76. The number of methoxy groups -OCH3 is 1. The second-order valence-electron chi connectivity index (χ2n) is 5.56. The van der Waals surface area contributed by atoms with Crippen LogP contribution in [-0.2, 0) is 9.53 Å². The number of para-hydroxylation sites is 2. The lowest BCUT2D eigenvalue weighted by molar-refractivity contribution is -0.142. The molecule has 2 atom stereocenters. The fourth-order valence-corrected chi connectivity index (χ4v) is 2.61. The van der Waals surface area contributed by atoms with Gasteiger partial charge in [-0.2, -0.15) is 0 Å². The Morgan fingerprint density at radius 3 is 2.52 bits per heavy atom. The zero-order chi connectivity index (χ0) is 15.6. The number of benzene rings is 1. The molecule has 1 heterocycles. The number of nitrogens with one attached hydrogen (secondary N) is 1. The van der Waals surface area contributed by atoms with Crippen molar-refractivity contribution in [3.05, 3.63) is 30.1 Å². The van der Waals surface area contributed by atoms with Gasteiger partial charge in [0.15, 0.2) is 0 Å². The Hall–Kier alpha value is -1.88. The van der Waals surface area contributed by atoms with Crippen LogP contribution in [0.3, 0.4) is 0 Å². The van der Waals surface area contributed by atoms with Gasteiger partial charge in [-0.15, -0.1) is 0 Å². The van der Waals surface area contributed by atoms with Crippen molar-refractivity contribution >= 4 is 17.0 Å². The first-order valence-electron chi connectivity index (χ1n) is 7.26. The van der Waals surface area contributed by atoms with E-state index in [0.717, 1.165) is 16.9 Å². The third-order valence-electron chi connectivity index (χ3n) is 3.58. The van der Waals surface area contributed by atoms with Crippen molar-refractivity contribution < 1.29 is 9.53 Å². The lowest BCUT2D eigenvalue weighted by Gasteiger charge is -2.21. The number of hydrogen-bond acceptors (Lipinski definition) is 4. The molecule has 2 rings (SSSR count). The molecule has 1 N–H and O–H groups in total. The molecule has 2 aromatic rings. The van der Waals surface area contributed by atoms with Crippen LogP contribution in [0.4, 0.5) is 0 Å². The summed E-state index contributed by atoms with van der Waals surface area (Å²) in [6.45, 7) is 8.08. The molecule has 0 radical (unpaired) electrons. The highest BCUT2D eigenvalue weighted by atomic mass is 16.5. The van der Waals surface area contributed by atoms with Crippen molar-refractivity contribution in [3.8, 4) is 0 Å². The maximum absolute atomic E-state index is 11.6. The normalized spacial score (nSPS) is 14.4. The summed E-state index contributed by atoms with van der Waals surface area (Å²) in [5.74, 6) is 0.663. The van der Waals surface area contributed by atoms with Crippen LogP contribution in [0.25, 0.3) is 11.0 Å². The largest absolute Gasteiger partial charge is 0.468 e. The molecule has 21 heavy (non-hydrogen) atoms. The molecule has 114 valence electrons. The fraction of sp³-hybridized carbons (Fsp3) is 0.500. The van der Waals surface area contributed by atoms with E-state index in [1.54, 1.807) is 6.92 Å². The maximum Gasteiger partial charge on any atom is 0.322 e. The van der Waals surface area contributed by atoms with E-state index < -0.39 is 0 Å². The molecular formula is C16H23N3O2. The Bertz CT molecular complexity index is 633. The zero-order valence-electron chi connectivity index (χ0n) is 13.3. The Morgan fingerprint density at radius 1 is 1.24 bits per heavy atom. The lowest BCUT2D eigenvalue weighted by Crippen LogP contribution is -2.37. The maximum atomic E-state index is 11.6. The molecular weight excluding hydrogens is 266 g/mol. The fourth-order valence-electron chi connectivity index (χ4n) is 2.61. The summed E-state index contributed by atoms with van der Waals surface area (Å²) >= 11 is 0. The summed E-state index contributed by atoms with van der Waals surface area (Å²) in [5, 5.41) is 3.25. The molecule has 0 fully saturated rings. The number of imidazole rings is 1. The van der Waals surface area contributed by atoms with Gasteiger partial charge in [0.1, 0.15) is 11.9 Å². The molecule has 1 aromatic carbocycles. The van der Waals surface area contributed by atoms with Crippen LogP contribution in [-0.4, -0.2) is 28.7 Å². The topological polar surface area (TPSA) is 56.1 Å². The van der Waals surface area contributed by atoms with E-state index in [9.17, 15) is 4.79 Å². The zero-order valence-corrected chi connectivity index (χ0v) is 13.3. The number of fused-ring (bicyclic) bond motifs is 1. The number of carbonyl (C=O) groups excluding carboxylic acids is 1. The Balaban J connectivity index is 2.36. The van der Waals surface area contributed by atoms with Crippen molar-refractivity contribution in [2.24, 2.45) is 0 Å². The van der Waals surface area contributed by atoms with Crippen molar-refractivity contribution in [1.82, 2.24) is 14.9 Å². The first kappa shape index (κ1) is 15.5. The van der Waals surface area contributed by atoms with E-state index >= 15 is 0 Å². The SMILES string of the molecule is COC(=O)[C@@H](C)N[C@@H](C)c1nc2ccccc2n1C(C)C. The summed E-state index contributed by atoms with van der Waals surface area (Å²) in [6.07, 6.45) is 0.